The zero-order chi connectivity index (χ0) is 20.1. The Kier molecular flexibility index (Phi) is 7.05. The summed E-state index contributed by atoms with van der Waals surface area (Å²) in [4.78, 5) is 3.27. The van der Waals surface area contributed by atoms with Crippen molar-refractivity contribution < 1.29 is 9.80 Å². The van der Waals surface area contributed by atoms with Crippen molar-refractivity contribution in [3.05, 3.63) is 65.2 Å². The van der Waals surface area contributed by atoms with Crippen LogP contribution in [-0.4, -0.2) is 44.4 Å². The number of hydrogen-bond donors (Lipinski definition) is 4. The minimum Gasteiger partial charge on any atom is -0.354 e. The summed E-state index contributed by atoms with van der Waals surface area (Å²) in [6.07, 6.45) is 0. The maximum Gasteiger partial charge on any atom is 0.171 e. The van der Waals surface area contributed by atoms with E-state index >= 15 is 0 Å². The van der Waals surface area contributed by atoms with Gasteiger partial charge in [0.1, 0.15) is 32.2 Å². The quantitative estimate of drug-likeness (QED) is 0.570. The fraction of sp³-hybridized carbons (Fsp3) is 0.435. The number of anilines is 1. The fourth-order valence-corrected chi connectivity index (χ4v) is 4.46. The molecule has 0 spiro atoms. The molecule has 1 fully saturated rings. The van der Waals surface area contributed by atoms with Crippen LogP contribution >= 0.6 is 12.2 Å². The van der Waals surface area contributed by atoms with Crippen molar-refractivity contribution in [1.29, 1.82) is 0 Å². The van der Waals surface area contributed by atoms with Crippen LogP contribution < -0.4 is 20.4 Å². The molecule has 3 rings (SSSR count). The number of thiocarbonyl (C=S) groups is 1. The molecular weight excluding hydrogens is 364 g/mol. The van der Waals surface area contributed by atoms with Gasteiger partial charge in [-0.3, -0.25) is 0 Å². The van der Waals surface area contributed by atoms with Gasteiger partial charge in [-0.25, -0.2) is 0 Å². The number of aryl methyl sites for hydroxylation is 2. The second-order valence-electron chi connectivity index (χ2n) is 8.21. The Labute approximate surface area is 174 Å². The van der Waals surface area contributed by atoms with E-state index in [0.29, 0.717) is 11.2 Å². The minimum atomic E-state index is 0.237. The number of hydrogen-bond acceptors (Lipinski definition) is 1. The van der Waals surface area contributed by atoms with E-state index in [1.54, 1.807) is 9.80 Å². The molecule has 2 aromatic carbocycles. The number of piperazine rings is 1. The molecule has 28 heavy (non-hydrogen) atoms. The van der Waals surface area contributed by atoms with Gasteiger partial charge in [0, 0.05) is 11.3 Å². The molecule has 2 aromatic rings. The first-order valence-electron chi connectivity index (χ1n) is 10.3. The summed E-state index contributed by atoms with van der Waals surface area (Å²) in [6, 6.07) is 17.9. The average Bonchev–Trinajstić information content (AvgIpc) is 2.67. The summed E-state index contributed by atoms with van der Waals surface area (Å²) in [7, 11) is 2.29. The van der Waals surface area contributed by atoms with E-state index in [0.717, 1.165) is 5.69 Å². The van der Waals surface area contributed by atoms with Gasteiger partial charge in [-0.1, -0.05) is 42.5 Å². The van der Waals surface area contributed by atoms with Gasteiger partial charge in [0.05, 0.1) is 13.1 Å². The summed E-state index contributed by atoms with van der Waals surface area (Å²) in [5, 5.41) is 7.68. The fourth-order valence-electron chi connectivity index (χ4n) is 4.17. The predicted octanol–water partition coefficient (Wildman–Crippen LogP) is 1.13. The number of nitrogens with one attached hydrogen (secondary N) is 4. The summed E-state index contributed by atoms with van der Waals surface area (Å²) in [6.45, 7) is 11.3. The van der Waals surface area contributed by atoms with Gasteiger partial charge in [-0.2, -0.15) is 0 Å². The molecule has 0 aromatic heterocycles. The molecule has 4 N–H and O–H groups in total. The monoisotopic (exact) mass is 398 g/mol. The largest absolute Gasteiger partial charge is 0.354 e. The maximum atomic E-state index is 5.67. The van der Waals surface area contributed by atoms with Crippen LogP contribution in [0.2, 0.25) is 0 Å². The van der Waals surface area contributed by atoms with Crippen LogP contribution in [0.25, 0.3) is 0 Å². The SMILES string of the molecule is Cc1ccc(C)c(NC(=S)N[C@@H](C)[C@@H](c2ccccc2)[NH+]2CC[NH+](C)CC2)c1. The second-order valence-corrected chi connectivity index (χ2v) is 8.62. The Morgan fingerprint density at radius 1 is 1.00 bits per heavy atom. The summed E-state index contributed by atoms with van der Waals surface area (Å²) >= 11 is 5.67. The Morgan fingerprint density at radius 3 is 2.36 bits per heavy atom. The van der Waals surface area contributed by atoms with Crippen LogP contribution in [0.4, 0.5) is 5.69 Å². The highest BCUT2D eigenvalue weighted by atomic mass is 32.1. The van der Waals surface area contributed by atoms with E-state index in [-0.39, 0.29) is 6.04 Å². The molecule has 4 nitrogen and oxygen atoms in total. The summed E-state index contributed by atoms with van der Waals surface area (Å²) < 4.78 is 0. The predicted molar refractivity (Wildman–Crippen MR) is 121 cm³/mol. The molecule has 1 saturated heterocycles. The smallest absolute Gasteiger partial charge is 0.171 e. The van der Waals surface area contributed by atoms with Crippen LogP contribution in [0.1, 0.15) is 29.7 Å². The summed E-state index contributed by atoms with van der Waals surface area (Å²) in [5.74, 6) is 0. The lowest BCUT2D eigenvalue weighted by Crippen LogP contribution is -3.27. The highest BCUT2D eigenvalue weighted by molar-refractivity contribution is 7.80. The lowest BCUT2D eigenvalue weighted by atomic mass is 9.98. The first-order chi connectivity index (χ1) is 13.4. The third-order valence-electron chi connectivity index (χ3n) is 5.84. The van der Waals surface area contributed by atoms with E-state index < -0.39 is 0 Å². The molecule has 0 radical (unpaired) electrons. The highest BCUT2D eigenvalue weighted by Crippen LogP contribution is 2.17. The van der Waals surface area contributed by atoms with Crippen LogP contribution in [0.15, 0.2) is 48.5 Å². The van der Waals surface area contributed by atoms with Crippen LogP contribution in [0.3, 0.4) is 0 Å². The Bertz CT molecular complexity index is 784. The van der Waals surface area contributed by atoms with E-state index in [2.05, 4.69) is 87.0 Å². The van der Waals surface area contributed by atoms with Gasteiger partial charge in [0.25, 0.3) is 0 Å². The van der Waals surface area contributed by atoms with Crippen LogP contribution in [-0.2, 0) is 0 Å². The lowest BCUT2D eigenvalue weighted by molar-refractivity contribution is -1.02. The second kappa shape index (κ2) is 9.50. The molecule has 0 saturated carbocycles. The van der Waals surface area contributed by atoms with Gasteiger partial charge < -0.3 is 20.4 Å². The first-order valence-corrected chi connectivity index (χ1v) is 10.7. The topological polar surface area (TPSA) is 32.9 Å². The van der Waals surface area contributed by atoms with Crippen molar-refractivity contribution in [2.45, 2.75) is 32.9 Å². The molecule has 1 aliphatic rings. The third kappa shape index (κ3) is 5.31. The highest BCUT2D eigenvalue weighted by Gasteiger charge is 2.33. The molecule has 1 aliphatic heterocycles. The molecule has 0 unspecified atom stereocenters. The zero-order valence-electron chi connectivity index (χ0n) is 17.5. The molecule has 0 aliphatic carbocycles. The number of quaternary nitrogens is 2. The van der Waals surface area contributed by atoms with Crippen molar-refractivity contribution in [2.75, 3.05) is 38.5 Å². The Hall–Kier alpha value is -1.95. The Morgan fingerprint density at radius 2 is 1.68 bits per heavy atom. The van der Waals surface area contributed by atoms with Crippen molar-refractivity contribution >= 4 is 23.0 Å². The number of likely N-dealkylation sites (N-methyl/N-ethyl adjacent to an activating group) is 1. The molecule has 0 amide bonds. The van der Waals surface area contributed by atoms with Gasteiger partial charge in [-0.15, -0.1) is 0 Å². The standard InChI is InChI=1S/C23H32N4S/c1-17-10-11-18(2)21(16-17)25-23(28)24-19(3)22(20-8-6-5-7-9-20)27-14-12-26(4)13-15-27/h5-11,16,19,22H,12-15H2,1-4H3,(H2,24,25,28)/p+2/t19-,22-/m0/s1. The first kappa shape index (κ1) is 20.8. The summed E-state index contributed by atoms with van der Waals surface area (Å²) in [5.41, 5.74) is 4.90. The Balaban J connectivity index is 1.72. The van der Waals surface area contributed by atoms with E-state index in [1.165, 1.54) is 42.9 Å². The molecule has 150 valence electrons. The minimum absolute atomic E-state index is 0.237. The molecular formula is C23H34N4S+2. The van der Waals surface area contributed by atoms with Crippen LogP contribution in [0.5, 0.6) is 0 Å². The van der Waals surface area contributed by atoms with E-state index in [1.807, 2.05) is 0 Å². The van der Waals surface area contributed by atoms with Crippen molar-refractivity contribution in [2.24, 2.45) is 0 Å². The molecule has 5 heteroatoms. The van der Waals surface area contributed by atoms with Gasteiger partial charge >= 0.3 is 0 Å². The zero-order valence-corrected chi connectivity index (χ0v) is 18.3. The van der Waals surface area contributed by atoms with E-state index in [9.17, 15) is 0 Å². The van der Waals surface area contributed by atoms with Gasteiger partial charge in [-0.05, 0) is 50.2 Å². The maximum absolute atomic E-state index is 5.67. The van der Waals surface area contributed by atoms with Crippen molar-refractivity contribution in [1.82, 2.24) is 5.32 Å². The van der Waals surface area contributed by atoms with Crippen LogP contribution in [0, 0.1) is 13.8 Å². The molecule has 2 atom stereocenters. The number of rotatable bonds is 5. The third-order valence-corrected chi connectivity index (χ3v) is 6.06. The van der Waals surface area contributed by atoms with Gasteiger partial charge in [0.2, 0.25) is 0 Å². The molecule has 1 heterocycles. The molecule has 0 bridgehead atoms. The number of benzene rings is 2. The average molecular weight is 399 g/mol. The van der Waals surface area contributed by atoms with Crippen molar-refractivity contribution in [3.63, 3.8) is 0 Å². The van der Waals surface area contributed by atoms with Crippen molar-refractivity contribution in [3.8, 4) is 0 Å². The lowest BCUT2D eigenvalue weighted by Gasteiger charge is -2.37. The normalized spacial score (nSPS) is 21.6. The van der Waals surface area contributed by atoms with E-state index in [4.69, 9.17) is 12.2 Å². The van der Waals surface area contributed by atoms with Gasteiger partial charge in [0.15, 0.2) is 5.11 Å².